The van der Waals surface area contributed by atoms with Crippen LogP contribution >= 0.6 is 0 Å². The van der Waals surface area contributed by atoms with Crippen molar-refractivity contribution in [3.8, 4) is 6.07 Å². The van der Waals surface area contributed by atoms with Crippen LogP contribution in [0.1, 0.15) is 59.3 Å². The summed E-state index contributed by atoms with van der Waals surface area (Å²) in [6, 6.07) is 2.41. The Morgan fingerprint density at radius 1 is 1.33 bits per heavy atom. The van der Waals surface area contributed by atoms with Crippen LogP contribution < -0.4 is 0 Å². The van der Waals surface area contributed by atoms with Gasteiger partial charge in [0.1, 0.15) is 0 Å². The van der Waals surface area contributed by atoms with E-state index in [-0.39, 0.29) is 16.4 Å². The lowest BCUT2D eigenvalue weighted by Gasteiger charge is -2.34. The van der Waals surface area contributed by atoms with Gasteiger partial charge in [-0.15, -0.1) is 0 Å². The first-order valence-corrected chi connectivity index (χ1v) is 8.69. The van der Waals surface area contributed by atoms with Crippen LogP contribution in [0.5, 0.6) is 0 Å². The maximum Gasteiger partial charge on any atom is 0.152 e. The van der Waals surface area contributed by atoms with Crippen LogP contribution in [0.25, 0.3) is 0 Å². The van der Waals surface area contributed by atoms with Crippen LogP contribution in [-0.4, -0.2) is 19.4 Å². The summed E-state index contributed by atoms with van der Waals surface area (Å²) in [5, 5.41) is 9.06. The largest absolute Gasteiger partial charge is 0.229 e. The van der Waals surface area contributed by atoms with Crippen LogP contribution in [0.4, 0.5) is 0 Å². The number of hydrogen-bond acceptors (Lipinski definition) is 3. The molecule has 18 heavy (non-hydrogen) atoms. The normalized spacial score (nSPS) is 29.2. The first kappa shape index (κ1) is 15.5. The summed E-state index contributed by atoms with van der Waals surface area (Å²) in [5.41, 5.74) is -0.381. The molecule has 0 aromatic heterocycles. The minimum Gasteiger partial charge on any atom is -0.229 e. The lowest BCUT2D eigenvalue weighted by molar-refractivity contribution is 0.201. The van der Waals surface area contributed by atoms with Crippen LogP contribution in [0.2, 0.25) is 0 Å². The molecule has 1 aliphatic rings. The van der Waals surface area contributed by atoms with E-state index >= 15 is 0 Å². The van der Waals surface area contributed by atoms with E-state index in [1.165, 1.54) is 6.42 Å². The van der Waals surface area contributed by atoms with Gasteiger partial charge in [0.2, 0.25) is 0 Å². The fourth-order valence-corrected chi connectivity index (χ4v) is 3.78. The maximum atomic E-state index is 11.8. The number of rotatable bonds is 5. The molecule has 0 radical (unpaired) electrons. The third-order valence-corrected chi connectivity index (χ3v) is 6.67. The summed E-state index contributed by atoms with van der Waals surface area (Å²) in [5.74, 6) is 0.892. The number of hydrogen-bond donors (Lipinski definition) is 0. The van der Waals surface area contributed by atoms with E-state index in [2.05, 4.69) is 13.0 Å². The SMILES string of the molecule is CCC1CCC(C#N)(CCS(=O)(=O)C(C)C)CC1. The standard InChI is InChI=1S/C14H25NO2S/c1-4-13-5-7-14(11-15,8-6-13)9-10-18(16,17)12(2)3/h12-13H,4-10H2,1-3H3. The van der Waals surface area contributed by atoms with Crippen LogP contribution in [0.15, 0.2) is 0 Å². The Kier molecular flexibility index (Phi) is 5.21. The van der Waals surface area contributed by atoms with Gasteiger partial charge in [0.05, 0.1) is 22.5 Å². The number of nitriles is 1. The lowest BCUT2D eigenvalue weighted by Crippen LogP contribution is -2.30. The highest BCUT2D eigenvalue weighted by Crippen LogP contribution is 2.42. The zero-order chi connectivity index (χ0) is 13.8. The van der Waals surface area contributed by atoms with Gasteiger partial charge < -0.3 is 0 Å². The molecule has 3 nitrogen and oxygen atoms in total. The third kappa shape index (κ3) is 3.71. The van der Waals surface area contributed by atoms with Gasteiger partial charge in [-0.2, -0.15) is 5.26 Å². The van der Waals surface area contributed by atoms with E-state index < -0.39 is 9.84 Å². The molecule has 104 valence electrons. The van der Waals surface area contributed by atoms with Crippen molar-refractivity contribution in [3.05, 3.63) is 0 Å². The highest BCUT2D eigenvalue weighted by Gasteiger charge is 2.36. The van der Waals surface area contributed by atoms with Crippen molar-refractivity contribution in [1.29, 1.82) is 5.26 Å². The quantitative estimate of drug-likeness (QED) is 0.770. The van der Waals surface area contributed by atoms with Gasteiger partial charge in [-0.05, 0) is 51.9 Å². The Hall–Kier alpha value is -0.560. The maximum absolute atomic E-state index is 11.8. The molecule has 0 heterocycles. The van der Waals surface area contributed by atoms with E-state index in [4.69, 9.17) is 0 Å². The summed E-state index contributed by atoms with van der Waals surface area (Å²) in [6.45, 7) is 5.61. The zero-order valence-electron chi connectivity index (χ0n) is 11.8. The Balaban J connectivity index is 2.62. The molecule has 1 aliphatic carbocycles. The topological polar surface area (TPSA) is 57.9 Å². The van der Waals surface area contributed by atoms with Crippen molar-refractivity contribution in [1.82, 2.24) is 0 Å². The molecule has 0 bridgehead atoms. The predicted octanol–water partition coefficient (Wildman–Crippen LogP) is 3.31. The molecule has 1 saturated carbocycles. The second-order valence-corrected chi connectivity index (χ2v) is 8.59. The van der Waals surface area contributed by atoms with Crippen molar-refractivity contribution in [2.24, 2.45) is 11.3 Å². The van der Waals surface area contributed by atoms with E-state index in [1.54, 1.807) is 13.8 Å². The molecule has 0 aromatic carbocycles. The second-order valence-electron chi connectivity index (χ2n) is 5.91. The highest BCUT2D eigenvalue weighted by atomic mass is 32.2. The first-order valence-electron chi connectivity index (χ1n) is 6.98. The van der Waals surface area contributed by atoms with Gasteiger partial charge in [-0.3, -0.25) is 0 Å². The Bertz CT molecular complexity index is 398. The van der Waals surface area contributed by atoms with Gasteiger partial charge in [0, 0.05) is 0 Å². The molecular weight excluding hydrogens is 246 g/mol. The van der Waals surface area contributed by atoms with Crippen LogP contribution in [-0.2, 0) is 9.84 Å². The molecule has 1 fully saturated rings. The molecule has 0 unspecified atom stereocenters. The Morgan fingerprint density at radius 3 is 2.28 bits per heavy atom. The predicted molar refractivity (Wildman–Crippen MR) is 73.8 cm³/mol. The smallest absolute Gasteiger partial charge is 0.152 e. The fourth-order valence-electron chi connectivity index (χ4n) is 2.63. The third-order valence-electron chi connectivity index (χ3n) is 4.46. The molecule has 0 atom stereocenters. The van der Waals surface area contributed by atoms with Gasteiger partial charge in [0.25, 0.3) is 0 Å². The highest BCUT2D eigenvalue weighted by molar-refractivity contribution is 7.91. The zero-order valence-corrected chi connectivity index (χ0v) is 12.6. The first-order chi connectivity index (χ1) is 8.35. The van der Waals surface area contributed by atoms with Gasteiger partial charge in [0.15, 0.2) is 9.84 Å². The van der Waals surface area contributed by atoms with Crippen molar-refractivity contribution in [2.45, 2.75) is 64.5 Å². The molecule has 0 saturated heterocycles. The Labute approximate surface area is 111 Å². The van der Waals surface area contributed by atoms with Gasteiger partial charge in [-0.25, -0.2) is 8.42 Å². The average molecular weight is 271 g/mol. The molecule has 0 N–H and O–H groups in total. The van der Waals surface area contributed by atoms with Gasteiger partial charge in [-0.1, -0.05) is 13.3 Å². The average Bonchev–Trinajstić information content (AvgIpc) is 2.37. The molecule has 0 aliphatic heterocycles. The minimum absolute atomic E-state index is 0.162. The Morgan fingerprint density at radius 2 is 1.89 bits per heavy atom. The van der Waals surface area contributed by atoms with Gasteiger partial charge >= 0.3 is 0 Å². The van der Waals surface area contributed by atoms with Crippen LogP contribution in [0, 0.1) is 22.7 Å². The van der Waals surface area contributed by atoms with E-state index in [9.17, 15) is 13.7 Å². The minimum atomic E-state index is -3.02. The molecular formula is C14H25NO2S. The lowest BCUT2D eigenvalue weighted by atomic mass is 9.69. The summed E-state index contributed by atoms with van der Waals surface area (Å²) in [7, 11) is -3.02. The number of nitrogens with zero attached hydrogens (tertiary/aromatic N) is 1. The second kappa shape index (κ2) is 6.06. The molecule has 0 spiro atoms. The van der Waals surface area contributed by atoms with E-state index in [0.717, 1.165) is 31.6 Å². The molecule has 0 aromatic rings. The number of sulfone groups is 1. The summed E-state index contributed by atoms with van der Waals surface area (Å²) in [6.07, 6.45) is 5.58. The van der Waals surface area contributed by atoms with Crippen molar-refractivity contribution in [2.75, 3.05) is 5.75 Å². The molecule has 4 heteroatoms. The van der Waals surface area contributed by atoms with Crippen molar-refractivity contribution in [3.63, 3.8) is 0 Å². The van der Waals surface area contributed by atoms with Crippen molar-refractivity contribution < 1.29 is 8.42 Å². The summed E-state index contributed by atoms with van der Waals surface area (Å²) >= 11 is 0. The molecule has 0 amide bonds. The summed E-state index contributed by atoms with van der Waals surface area (Å²) in [4.78, 5) is 0. The van der Waals surface area contributed by atoms with Crippen LogP contribution in [0.3, 0.4) is 0 Å². The van der Waals surface area contributed by atoms with Crippen molar-refractivity contribution >= 4 is 9.84 Å². The van der Waals surface area contributed by atoms with E-state index in [0.29, 0.717) is 6.42 Å². The monoisotopic (exact) mass is 271 g/mol. The fraction of sp³-hybridized carbons (Fsp3) is 0.929. The summed E-state index contributed by atoms with van der Waals surface area (Å²) < 4.78 is 23.7. The molecule has 1 rings (SSSR count). The van der Waals surface area contributed by atoms with E-state index in [1.807, 2.05) is 0 Å².